The third-order valence-corrected chi connectivity index (χ3v) is 6.63. The Labute approximate surface area is 199 Å². The number of carbonyl (C=O) groups excluding carboxylic acids is 2. The Balaban J connectivity index is 1.51. The van der Waals surface area contributed by atoms with Crippen LogP contribution in [0.15, 0.2) is 57.6 Å². The van der Waals surface area contributed by atoms with Crippen molar-refractivity contribution in [1.29, 1.82) is 0 Å². The maximum Gasteiger partial charge on any atom is 0.236 e. The number of anilines is 1. The van der Waals surface area contributed by atoms with Crippen LogP contribution >= 0.6 is 11.6 Å². The summed E-state index contributed by atoms with van der Waals surface area (Å²) in [6, 6.07) is 7.92. The molecule has 9 heteroatoms. The van der Waals surface area contributed by atoms with E-state index in [9.17, 15) is 14.4 Å². The Hall–Kier alpha value is -3.78. The van der Waals surface area contributed by atoms with Gasteiger partial charge in [-0.3, -0.25) is 14.4 Å². The standard InChI is InChI=1S/C25H20ClNO7/c1-12-8-14(27-13-4-5-17-15(9-13)16(28)6-7-33-17)10-20(29)25(12)24(30)21-18(31-2)11-19(32-3)22(26)23(21)34-25/h4-7,9-12,27H,8H2,1-3H3/t12-,25+/m1/s1. The molecular formula is C25H20ClNO7. The molecule has 2 aromatic carbocycles. The minimum Gasteiger partial charge on any atom is -0.496 e. The molecule has 0 amide bonds. The molecule has 0 radical (unpaired) electrons. The van der Waals surface area contributed by atoms with E-state index in [0.29, 0.717) is 28.8 Å². The van der Waals surface area contributed by atoms with Crippen LogP contribution in [0.4, 0.5) is 5.69 Å². The third kappa shape index (κ3) is 3.09. The Morgan fingerprint density at radius 3 is 2.56 bits per heavy atom. The van der Waals surface area contributed by atoms with E-state index >= 15 is 0 Å². The number of nitrogens with one attached hydrogen (secondary N) is 1. The second-order valence-corrected chi connectivity index (χ2v) is 8.60. The summed E-state index contributed by atoms with van der Waals surface area (Å²) in [6.07, 6.45) is 3.04. The van der Waals surface area contributed by atoms with Crippen LogP contribution in [-0.4, -0.2) is 31.4 Å². The molecule has 2 atom stereocenters. The average molecular weight is 482 g/mol. The second-order valence-electron chi connectivity index (χ2n) is 8.23. The molecule has 5 rings (SSSR count). The normalized spacial score (nSPS) is 21.3. The third-order valence-electron chi connectivity index (χ3n) is 6.27. The zero-order valence-electron chi connectivity index (χ0n) is 18.6. The van der Waals surface area contributed by atoms with Gasteiger partial charge in [0.15, 0.2) is 11.2 Å². The van der Waals surface area contributed by atoms with Crippen molar-refractivity contribution < 1.29 is 28.2 Å². The van der Waals surface area contributed by atoms with E-state index in [2.05, 4.69) is 5.32 Å². The number of carbonyl (C=O) groups is 2. The lowest BCUT2D eigenvalue weighted by Gasteiger charge is -2.35. The minimum absolute atomic E-state index is 0.0779. The molecule has 1 spiro atoms. The fraction of sp³-hybridized carbons (Fsp3) is 0.240. The maximum absolute atomic E-state index is 13.6. The number of fused-ring (bicyclic) bond motifs is 2. The molecule has 2 heterocycles. The summed E-state index contributed by atoms with van der Waals surface area (Å²) < 4.78 is 22.0. The highest BCUT2D eigenvalue weighted by Gasteiger charge is 2.60. The van der Waals surface area contributed by atoms with Crippen molar-refractivity contribution >= 4 is 39.8 Å². The van der Waals surface area contributed by atoms with Crippen LogP contribution in [0.25, 0.3) is 11.0 Å². The lowest BCUT2D eigenvalue weighted by atomic mass is 9.74. The SMILES string of the molecule is COc1cc(OC)c2c(c1Cl)O[C@@]1(C(=O)C=C(Nc3ccc4occc(=O)c4c3)C[C@H]1C)C2=O. The summed E-state index contributed by atoms with van der Waals surface area (Å²) in [4.78, 5) is 39.1. The summed E-state index contributed by atoms with van der Waals surface area (Å²) in [5.74, 6) is -0.955. The molecule has 1 aromatic heterocycles. The molecule has 1 N–H and O–H groups in total. The van der Waals surface area contributed by atoms with Crippen molar-refractivity contribution in [3.63, 3.8) is 0 Å². The number of Topliss-reactive ketones (excluding diaryl/α,β-unsaturated/α-hetero) is 1. The predicted octanol–water partition coefficient (Wildman–Crippen LogP) is 4.38. The average Bonchev–Trinajstić information content (AvgIpc) is 3.13. The summed E-state index contributed by atoms with van der Waals surface area (Å²) in [5.41, 5.74) is -0.130. The van der Waals surface area contributed by atoms with Crippen LogP contribution in [0.5, 0.6) is 17.2 Å². The van der Waals surface area contributed by atoms with Crippen LogP contribution in [0, 0.1) is 5.92 Å². The van der Waals surface area contributed by atoms with E-state index < -0.39 is 23.1 Å². The molecule has 3 aromatic rings. The zero-order chi connectivity index (χ0) is 24.2. The number of hydrogen-bond acceptors (Lipinski definition) is 8. The first-order chi connectivity index (χ1) is 16.3. The molecule has 174 valence electrons. The van der Waals surface area contributed by atoms with Crippen LogP contribution < -0.4 is 25.0 Å². The van der Waals surface area contributed by atoms with Gasteiger partial charge in [-0.25, -0.2) is 0 Å². The number of rotatable bonds is 4. The topological polar surface area (TPSA) is 104 Å². The van der Waals surface area contributed by atoms with Crippen molar-refractivity contribution in [2.75, 3.05) is 19.5 Å². The van der Waals surface area contributed by atoms with E-state index in [1.54, 1.807) is 25.1 Å². The van der Waals surface area contributed by atoms with E-state index in [1.807, 2.05) is 0 Å². The number of allylic oxidation sites excluding steroid dienone is 1. The summed E-state index contributed by atoms with van der Waals surface area (Å²) in [6.45, 7) is 1.77. The van der Waals surface area contributed by atoms with E-state index in [-0.39, 0.29) is 33.3 Å². The van der Waals surface area contributed by atoms with Gasteiger partial charge in [0.05, 0.1) is 25.9 Å². The molecule has 1 aliphatic heterocycles. The van der Waals surface area contributed by atoms with Gasteiger partial charge < -0.3 is 23.9 Å². The van der Waals surface area contributed by atoms with Gasteiger partial charge in [-0.05, 0) is 24.6 Å². The number of methoxy groups -OCH3 is 2. The van der Waals surface area contributed by atoms with Crippen molar-refractivity contribution in [2.45, 2.75) is 18.9 Å². The van der Waals surface area contributed by atoms with Gasteiger partial charge in [-0.1, -0.05) is 18.5 Å². The number of halogens is 1. The van der Waals surface area contributed by atoms with Gasteiger partial charge in [0.2, 0.25) is 17.2 Å². The first-order valence-corrected chi connectivity index (χ1v) is 10.9. The molecule has 0 saturated carbocycles. The molecule has 2 aliphatic rings. The van der Waals surface area contributed by atoms with Crippen molar-refractivity contribution in [1.82, 2.24) is 0 Å². The molecule has 8 nitrogen and oxygen atoms in total. The highest BCUT2D eigenvalue weighted by molar-refractivity contribution is 6.36. The molecule has 0 unspecified atom stereocenters. The lowest BCUT2D eigenvalue weighted by molar-refractivity contribution is -0.129. The predicted molar refractivity (Wildman–Crippen MR) is 125 cm³/mol. The van der Waals surface area contributed by atoms with Gasteiger partial charge in [-0.2, -0.15) is 0 Å². The largest absolute Gasteiger partial charge is 0.496 e. The van der Waals surface area contributed by atoms with E-state index in [0.717, 1.165) is 0 Å². The number of ketones is 2. The van der Waals surface area contributed by atoms with Gasteiger partial charge >= 0.3 is 0 Å². The monoisotopic (exact) mass is 481 g/mol. The van der Waals surface area contributed by atoms with Gasteiger partial charge in [0.25, 0.3) is 0 Å². The summed E-state index contributed by atoms with van der Waals surface area (Å²) in [5, 5.41) is 3.70. The summed E-state index contributed by atoms with van der Waals surface area (Å²) >= 11 is 6.41. The molecule has 0 fully saturated rings. The Bertz CT molecular complexity index is 1460. The fourth-order valence-electron chi connectivity index (χ4n) is 4.56. The highest BCUT2D eigenvalue weighted by Crippen LogP contribution is 2.53. The van der Waals surface area contributed by atoms with Gasteiger partial charge in [0, 0.05) is 35.5 Å². The maximum atomic E-state index is 13.6. The molecular weight excluding hydrogens is 462 g/mol. The van der Waals surface area contributed by atoms with Crippen LogP contribution in [0.3, 0.4) is 0 Å². The van der Waals surface area contributed by atoms with Crippen molar-refractivity contribution in [3.05, 3.63) is 69.2 Å². The van der Waals surface area contributed by atoms with E-state index in [4.69, 9.17) is 30.2 Å². The van der Waals surface area contributed by atoms with Crippen LogP contribution in [0.2, 0.25) is 5.02 Å². The molecule has 1 aliphatic carbocycles. The smallest absolute Gasteiger partial charge is 0.236 e. The molecule has 34 heavy (non-hydrogen) atoms. The quantitative estimate of drug-likeness (QED) is 0.547. The lowest BCUT2D eigenvalue weighted by Crippen LogP contribution is -2.55. The van der Waals surface area contributed by atoms with Crippen molar-refractivity contribution in [2.24, 2.45) is 5.92 Å². The van der Waals surface area contributed by atoms with Crippen molar-refractivity contribution in [3.8, 4) is 17.2 Å². The minimum atomic E-state index is -1.75. The number of hydrogen-bond donors (Lipinski definition) is 1. The van der Waals surface area contributed by atoms with Crippen LogP contribution in [0.1, 0.15) is 23.7 Å². The number of benzene rings is 2. The Morgan fingerprint density at radius 2 is 1.85 bits per heavy atom. The molecule has 0 saturated heterocycles. The molecule has 0 bridgehead atoms. The number of ether oxygens (including phenoxy) is 3. The summed E-state index contributed by atoms with van der Waals surface area (Å²) in [7, 11) is 2.85. The first-order valence-electron chi connectivity index (χ1n) is 10.5. The first kappa shape index (κ1) is 22.0. The van der Waals surface area contributed by atoms with E-state index in [1.165, 1.54) is 38.7 Å². The van der Waals surface area contributed by atoms with Gasteiger partial charge in [0.1, 0.15) is 27.7 Å². The Morgan fingerprint density at radius 1 is 1.09 bits per heavy atom. The Kier molecular flexibility index (Phi) is 5.13. The van der Waals surface area contributed by atoms with Crippen LogP contribution in [-0.2, 0) is 4.79 Å². The zero-order valence-corrected chi connectivity index (χ0v) is 19.3. The second kappa shape index (κ2) is 7.92. The van der Waals surface area contributed by atoms with Gasteiger partial charge in [-0.15, -0.1) is 0 Å². The fourth-order valence-corrected chi connectivity index (χ4v) is 4.83. The highest BCUT2D eigenvalue weighted by atomic mass is 35.5.